The third-order valence-corrected chi connectivity index (χ3v) is 3.74. The maximum Gasteiger partial charge on any atom is 0.409 e. The van der Waals surface area contributed by atoms with E-state index in [4.69, 9.17) is 0 Å². The molecule has 1 aliphatic heterocycles. The zero-order chi connectivity index (χ0) is 13.5. The van der Waals surface area contributed by atoms with Crippen LogP contribution in [0.1, 0.15) is 12.1 Å². The van der Waals surface area contributed by atoms with Gasteiger partial charge in [-0.25, -0.2) is 14.8 Å². The van der Waals surface area contributed by atoms with E-state index in [1.807, 2.05) is 24.3 Å². The summed E-state index contributed by atoms with van der Waals surface area (Å²) in [6.07, 6.45) is 1.25. The van der Waals surface area contributed by atoms with E-state index in [2.05, 4.69) is 15.3 Å². The number of amides is 1. The number of para-hydroxylation sites is 1. The van der Waals surface area contributed by atoms with Gasteiger partial charge in [0.2, 0.25) is 0 Å². The highest BCUT2D eigenvalue weighted by Crippen LogP contribution is 2.39. The predicted octanol–water partition coefficient (Wildman–Crippen LogP) is 1.39. The van der Waals surface area contributed by atoms with Gasteiger partial charge in [-0.15, -0.1) is 0 Å². The third-order valence-electron chi connectivity index (χ3n) is 3.74. The minimum atomic E-state index is -0.941. The summed E-state index contributed by atoms with van der Waals surface area (Å²) in [5, 5.41) is 13.3. The van der Waals surface area contributed by atoms with Crippen LogP contribution in [0, 0.1) is 0 Å². The maximum atomic E-state index is 11.3. The van der Waals surface area contributed by atoms with Crippen LogP contribution in [0.3, 0.4) is 0 Å². The Morgan fingerprint density at radius 2 is 2.21 bits per heavy atom. The molecular weight excluding hydrogens is 244 g/mol. The topological polar surface area (TPSA) is 78.4 Å². The fraction of sp³-hybridized carbons (Fsp3) is 0.308. The normalized spacial score (nSPS) is 22.3. The first kappa shape index (κ1) is 11.9. The van der Waals surface area contributed by atoms with E-state index in [9.17, 15) is 9.90 Å². The van der Waals surface area contributed by atoms with Crippen molar-refractivity contribution >= 4 is 17.0 Å². The molecule has 0 bridgehead atoms. The van der Waals surface area contributed by atoms with Crippen LogP contribution >= 0.6 is 0 Å². The number of rotatable bonds is 2. The van der Waals surface area contributed by atoms with E-state index in [-0.39, 0.29) is 0 Å². The molecule has 19 heavy (non-hydrogen) atoms. The summed E-state index contributed by atoms with van der Waals surface area (Å²) in [5.74, 6) is 0. The summed E-state index contributed by atoms with van der Waals surface area (Å²) < 4.78 is 0. The van der Waals surface area contributed by atoms with Gasteiger partial charge < -0.3 is 5.11 Å². The quantitative estimate of drug-likeness (QED) is 0.851. The van der Waals surface area contributed by atoms with Crippen molar-refractivity contribution in [3.63, 3.8) is 0 Å². The Balaban J connectivity index is 2.20. The number of nitrogens with one attached hydrogen (secondary N) is 1. The molecule has 1 atom stereocenters. The van der Waals surface area contributed by atoms with Gasteiger partial charge in [-0.05, 0) is 13.1 Å². The lowest BCUT2D eigenvalue weighted by atomic mass is 9.88. The lowest BCUT2D eigenvalue weighted by Gasteiger charge is -2.50. The van der Waals surface area contributed by atoms with Crippen molar-refractivity contribution < 1.29 is 9.90 Å². The Hall–Kier alpha value is -2.21. The molecule has 1 aromatic carbocycles. The van der Waals surface area contributed by atoms with Crippen LogP contribution in [0.25, 0.3) is 10.9 Å². The van der Waals surface area contributed by atoms with E-state index in [0.717, 1.165) is 10.9 Å². The average molecular weight is 258 g/mol. The molecule has 1 unspecified atom stereocenters. The highest BCUT2D eigenvalue weighted by atomic mass is 16.4. The monoisotopic (exact) mass is 258 g/mol. The number of nitrogens with zero attached hydrogens (tertiary/aromatic N) is 3. The molecule has 1 fully saturated rings. The van der Waals surface area contributed by atoms with Crippen LogP contribution in [0.4, 0.5) is 4.79 Å². The number of carbonyl (C=O) groups is 1. The molecular formula is C13H14N4O2. The lowest BCUT2D eigenvalue weighted by Crippen LogP contribution is -2.66. The minimum absolute atomic E-state index is 0.508. The van der Waals surface area contributed by atoms with E-state index >= 15 is 0 Å². The fourth-order valence-corrected chi connectivity index (χ4v) is 2.67. The highest BCUT2D eigenvalue weighted by Gasteiger charge is 2.50. The first-order valence-electron chi connectivity index (χ1n) is 6.09. The number of benzene rings is 1. The van der Waals surface area contributed by atoms with Crippen LogP contribution in [-0.4, -0.2) is 39.7 Å². The van der Waals surface area contributed by atoms with Crippen LogP contribution in [0.2, 0.25) is 0 Å². The number of fused-ring (bicyclic) bond motifs is 1. The Morgan fingerprint density at radius 1 is 1.42 bits per heavy atom. The molecule has 0 aliphatic carbocycles. The number of carboxylic acid groups (broad SMARTS) is 1. The van der Waals surface area contributed by atoms with E-state index in [1.165, 1.54) is 11.2 Å². The van der Waals surface area contributed by atoms with Crippen molar-refractivity contribution in [1.29, 1.82) is 0 Å². The smallest absolute Gasteiger partial charge is 0.409 e. The first-order valence-corrected chi connectivity index (χ1v) is 6.09. The predicted molar refractivity (Wildman–Crippen MR) is 69.6 cm³/mol. The maximum absolute atomic E-state index is 11.3. The molecule has 3 rings (SSSR count). The summed E-state index contributed by atoms with van der Waals surface area (Å²) in [7, 11) is 1.76. The van der Waals surface area contributed by atoms with Gasteiger partial charge >= 0.3 is 6.09 Å². The summed E-state index contributed by atoms with van der Waals surface area (Å²) in [4.78, 5) is 21.2. The largest absolute Gasteiger partial charge is 0.465 e. The van der Waals surface area contributed by atoms with Crippen LogP contribution < -0.4 is 5.32 Å². The third kappa shape index (κ3) is 1.57. The van der Waals surface area contributed by atoms with Crippen molar-refractivity contribution in [1.82, 2.24) is 20.2 Å². The molecule has 2 N–H and O–H groups in total. The summed E-state index contributed by atoms with van der Waals surface area (Å²) in [5.41, 5.74) is 0.794. The molecule has 6 nitrogen and oxygen atoms in total. The minimum Gasteiger partial charge on any atom is -0.465 e. The van der Waals surface area contributed by atoms with Crippen molar-refractivity contribution in [3.8, 4) is 0 Å². The molecule has 1 aliphatic rings. The number of likely N-dealkylation sites (tertiary alicyclic amines) is 1. The molecule has 98 valence electrons. The van der Waals surface area contributed by atoms with Crippen molar-refractivity contribution in [2.24, 2.45) is 0 Å². The summed E-state index contributed by atoms with van der Waals surface area (Å²) in [6.45, 7) is 0.508. The van der Waals surface area contributed by atoms with Crippen molar-refractivity contribution in [3.05, 3.63) is 36.3 Å². The Bertz CT molecular complexity index is 636. The highest BCUT2D eigenvalue weighted by molar-refractivity contribution is 5.82. The summed E-state index contributed by atoms with van der Waals surface area (Å²) in [6, 6.07) is 7.62. The second-order valence-corrected chi connectivity index (χ2v) is 4.53. The molecule has 1 saturated heterocycles. The van der Waals surface area contributed by atoms with Gasteiger partial charge in [0.1, 0.15) is 12.0 Å². The van der Waals surface area contributed by atoms with Crippen LogP contribution in [-0.2, 0) is 5.66 Å². The van der Waals surface area contributed by atoms with E-state index in [1.54, 1.807) is 7.05 Å². The molecule has 1 aromatic heterocycles. The van der Waals surface area contributed by atoms with Gasteiger partial charge in [0.05, 0.1) is 11.2 Å². The Morgan fingerprint density at radius 3 is 2.84 bits per heavy atom. The number of hydrogen-bond acceptors (Lipinski definition) is 4. The molecule has 2 aromatic rings. The molecule has 0 radical (unpaired) electrons. The van der Waals surface area contributed by atoms with E-state index in [0.29, 0.717) is 18.7 Å². The van der Waals surface area contributed by atoms with E-state index < -0.39 is 11.8 Å². The van der Waals surface area contributed by atoms with Crippen LogP contribution in [0.15, 0.2) is 30.6 Å². The van der Waals surface area contributed by atoms with Gasteiger partial charge in [-0.1, -0.05) is 18.2 Å². The zero-order valence-electron chi connectivity index (χ0n) is 10.5. The Kier molecular flexibility index (Phi) is 2.60. The van der Waals surface area contributed by atoms with Gasteiger partial charge in [0.25, 0.3) is 0 Å². The average Bonchev–Trinajstić information content (AvgIpc) is 2.38. The number of hydrogen-bond donors (Lipinski definition) is 2. The molecule has 2 heterocycles. The standard InChI is InChI=1S/C13H14N4O2/c1-14-13(6-7-17(13)12(18)19)11-9-4-2-3-5-10(9)15-8-16-11/h2-5,8,14H,6-7H2,1H3,(H,18,19). The van der Waals surface area contributed by atoms with Gasteiger partial charge in [-0.3, -0.25) is 10.2 Å². The van der Waals surface area contributed by atoms with Crippen molar-refractivity contribution in [2.75, 3.05) is 13.6 Å². The zero-order valence-corrected chi connectivity index (χ0v) is 10.5. The second kappa shape index (κ2) is 4.17. The molecule has 0 spiro atoms. The Labute approximate surface area is 110 Å². The molecule has 6 heteroatoms. The SMILES string of the molecule is CNC1(c2ncnc3ccccc23)CCN1C(=O)O. The molecule has 1 amide bonds. The fourth-order valence-electron chi connectivity index (χ4n) is 2.67. The lowest BCUT2D eigenvalue weighted by molar-refractivity contribution is -0.0254. The van der Waals surface area contributed by atoms with Gasteiger partial charge in [0, 0.05) is 18.4 Å². The first-order chi connectivity index (χ1) is 9.19. The molecule has 0 saturated carbocycles. The van der Waals surface area contributed by atoms with Gasteiger partial charge in [-0.2, -0.15) is 0 Å². The van der Waals surface area contributed by atoms with Crippen LogP contribution in [0.5, 0.6) is 0 Å². The second-order valence-electron chi connectivity index (χ2n) is 4.53. The number of aromatic nitrogens is 2. The van der Waals surface area contributed by atoms with Gasteiger partial charge in [0.15, 0.2) is 0 Å². The van der Waals surface area contributed by atoms with Crippen molar-refractivity contribution in [2.45, 2.75) is 12.1 Å². The summed E-state index contributed by atoms with van der Waals surface area (Å²) >= 11 is 0.